The largest absolute Gasteiger partial charge is 0.464 e. The molecule has 4 heteroatoms. The number of ketones is 1. The van der Waals surface area contributed by atoms with Crippen molar-refractivity contribution in [2.45, 2.75) is 12.8 Å². The van der Waals surface area contributed by atoms with Gasteiger partial charge in [-0.25, -0.2) is 0 Å². The second kappa shape index (κ2) is 4.68. The lowest BCUT2D eigenvalue weighted by Crippen LogP contribution is -2.05. The van der Waals surface area contributed by atoms with Crippen molar-refractivity contribution < 1.29 is 9.21 Å². The summed E-state index contributed by atoms with van der Waals surface area (Å²) in [6.45, 7) is 0.511. The molecule has 84 valence electrons. The zero-order valence-electron chi connectivity index (χ0n) is 8.70. The standard InChI is InChI=1S/C12H12ClNO2/c13-10-7-12-8(3-5-16-12)6-9(10)11(15)2-1-4-14/h3,5-7H,1-2,4,14H2. The Morgan fingerprint density at radius 2 is 2.25 bits per heavy atom. The van der Waals surface area contributed by atoms with Gasteiger partial charge in [0.15, 0.2) is 5.78 Å². The third kappa shape index (κ3) is 2.10. The maximum absolute atomic E-state index is 11.8. The molecule has 0 aliphatic heterocycles. The molecular weight excluding hydrogens is 226 g/mol. The molecule has 1 heterocycles. The Balaban J connectivity index is 2.35. The van der Waals surface area contributed by atoms with Crippen molar-refractivity contribution in [3.63, 3.8) is 0 Å². The van der Waals surface area contributed by atoms with Gasteiger partial charge in [0.05, 0.1) is 11.3 Å². The Bertz CT molecular complexity index is 519. The Labute approximate surface area is 98.2 Å². The Morgan fingerprint density at radius 3 is 3.00 bits per heavy atom. The molecule has 0 fully saturated rings. The van der Waals surface area contributed by atoms with Crippen LogP contribution in [0.3, 0.4) is 0 Å². The van der Waals surface area contributed by atoms with E-state index in [1.807, 2.05) is 6.07 Å². The van der Waals surface area contributed by atoms with Gasteiger partial charge < -0.3 is 10.2 Å². The molecule has 0 bridgehead atoms. The van der Waals surface area contributed by atoms with Crippen LogP contribution in [0.5, 0.6) is 0 Å². The van der Waals surface area contributed by atoms with E-state index in [2.05, 4.69) is 0 Å². The summed E-state index contributed by atoms with van der Waals surface area (Å²) < 4.78 is 5.20. The smallest absolute Gasteiger partial charge is 0.164 e. The molecule has 0 radical (unpaired) electrons. The first-order chi connectivity index (χ1) is 7.72. The van der Waals surface area contributed by atoms with Gasteiger partial charge >= 0.3 is 0 Å². The van der Waals surface area contributed by atoms with E-state index in [0.29, 0.717) is 35.6 Å². The van der Waals surface area contributed by atoms with Gasteiger partial charge in [0.1, 0.15) is 5.58 Å². The van der Waals surface area contributed by atoms with Crippen LogP contribution >= 0.6 is 11.6 Å². The van der Waals surface area contributed by atoms with E-state index in [1.165, 1.54) is 0 Å². The number of furan rings is 1. The fourth-order valence-corrected chi connectivity index (χ4v) is 1.85. The third-order valence-electron chi connectivity index (χ3n) is 2.45. The van der Waals surface area contributed by atoms with Gasteiger partial charge in [-0.2, -0.15) is 0 Å². The number of fused-ring (bicyclic) bond motifs is 1. The van der Waals surface area contributed by atoms with Gasteiger partial charge in [0, 0.05) is 23.4 Å². The minimum Gasteiger partial charge on any atom is -0.464 e. The number of carbonyl (C=O) groups excluding carboxylic acids is 1. The molecule has 0 spiro atoms. The van der Waals surface area contributed by atoms with Gasteiger partial charge in [-0.05, 0) is 25.1 Å². The molecule has 0 atom stereocenters. The highest BCUT2D eigenvalue weighted by molar-refractivity contribution is 6.34. The molecule has 16 heavy (non-hydrogen) atoms. The van der Waals surface area contributed by atoms with Crippen LogP contribution < -0.4 is 5.73 Å². The number of rotatable bonds is 4. The van der Waals surface area contributed by atoms with Crippen LogP contribution in [0.1, 0.15) is 23.2 Å². The molecule has 2 N–H and O–H groups in total. The van der Waals surface area contributed by atoms with Crippen molar-refractivity contribution in [1.82, 2.24) is 0 Å². The first-order valence-corrected chi connectivity index (χ1v) is 5.50. The van der Waals surface area contributed by atoms with Gasteiger partial charge in [-0.15, -0.1) is 0 Å². The summed E-state index contributed by atoms with van der Waals surface area (Å²) >= 11 is 6.02. The Morgan fingerprint density at radius 1 is 1.44 bits per heavy atom. The van der Waals surface area contributed by atoms with Crippen LogP contribution in [0, 0.1) is 0 Å². The monoisotopic (exact) mass is 237 g/mol. The molecule has 2 rings (SSSR count). The molecule has 2 aromatic rings. The average molecular weight is 238 g/mol. The number of hydrogen-bond acceptors (Lipinski definition) is 3. The molecule has 1 aromatic heterocycles. The van der Waals surface area contributed by atoms with E-state index >= 15 is 0 Å². The van der Waals surface area contributed by atoms with Gasteiger partial charge in [0.25, 0.3) is 0 Å². The maximum atomic E-state index is 11.8. The summed E-state index contributed by atoms with van der Waals surface area (Å²) in [6.07, 6.45) is 2.69. The molecular formula is C12H12ClNO2. The maximum Gasteiger partial charge on any atom is 0.164 e. The zero-order chi connectivity index (χ0) is 11.5. The Hall–Kier alpha value is -1.32. The van der Waals surface area contributed by atoms with Crippen molar-refractivity contribution in [1.29, 1.82) is 0 Å². The third-order valence-corrected chi connectivity index (χ3v) is 2.76. The number of carbonyl (C=O) groups is 1. The predicted octanol–water partition coefficient (Wildman–Crippen LogP) is 3.01. The quantitative estimate of drug-likeness (QED) is 0.832. The van der Waals surface area contributed by atoms with E-state index in [4.69, 9.17) is 21.8 Å². The van der Waals surface area contributed by atoms with Crippen LogP contribution in [0.2, 0.25) is 5.02 Å². The van der Waals surface area contributed by atoms with Gasteiger partial charge in [-0.1, -0.05) is 11.6 Å². The molecule has 1 aromatic carbocycles. The van der Waals surface area contributed by atoms with E-state index in [1.54, 1.807) is 18.4 Å². The minimum atomic E-state index is 0.0264. The number of hydrogen-bond donors (Lipinski definition) is 1. The normalized spacial score (nSPS) is 10.9. The fraction of sp³-hybridized carbons (Fsp3) is 0.250. The Kier molecular flexibility index (Phi) is 3.27. The first-order valence-electron chi connectivity index (χ1n) is 5.12. The van der Waals surface area contributed by atoms with Crippen LogP contribution in [0.4, 0.5) is 0 Å². The zero-order valence-corrected chi connectivity index (χ0v) is 9.46. The predicted molar refractivity (Wildman–Crippen MR) is 63.8 cm³/mol. The van der Waals surface area contributed by atoms with Crippen LogP contribution in [0.15, 0.2) is 28.9 Å². The summed E-state index contributed by atoms with van der Waals surface area (Å²) in [5.41, 5.74) is 6.61. The van der Waals surface area contributed by atoms with Crippen molar-refractivity contribution in [3.05, 3.63) is 35.0 Å². The highest BCUT2D eigenvalue weighted by atomic mass is 35.5. The summed E-state index contributed by atoms with van der Waals surface area (Å²) in [5, 5.41) is 1.32. The molecule has 0 amide bonds. The van der Waals surface area contributed by atoms with Crippen molar-refractivity contribution in [2.75, 3.05) is 6.54 Å². The number of Topliss-reactive ketones (excluding diaryl/α,β-unsaturated/α-hetero) is 1. The lowest BCUT2D eigenvalue weighted by Gasteiger charge is -2.02. The van der Waals surface area contributed by atoms with Gasteiger partial charge in [-0.3, -0.25) is 4.79 Å². The van der Waals surface area contributed by atoms with Crippen LogP contribution in [-0.4, -0.2) is 12.3 Å². The highest BCUT2D eigenvalue weighted by Crippen LogP contribution is 2.25. The number of nitrogens with two attached hydrogens (primary N) is 1. The number of halogens is 1. The lowest BCUT2D eigenvalue weighted by atomic mass is 10.0. The molecule has 0 aliphatic carbocycles. The lowest BCUT2D eigenvalue weighted by molar-refractivity contribution is 0.0981. The van der Waals surface area contributed by atoms with E-state index in [-0.39, 0.29) is 5.78 Å². The first kappa shape index (κ1) is 11.2. The van der Waals surface area contributed by atoms with E-state index < -0.39 is 0 Å². The minimum absolute atomic E-state index is 0.0264. The molecule has 0 unspecified atom stereocenters. The van der Waals surface area contributed by atoms with Crippen LogP contribution in [-0.2, 0) is 0 Å². The average Bonchev–Trinajstić information content (AvgIpc) is 2.71. The molecule has 0 aliphatic rings. The number of benzene rings is 1. The SMILES string of the molecule is NCCCC(=O)c1cc2ccoc2cc1Cl. The van der Waals surface area contributed by atoms with Crippen LogP contribution in [0.25, 0.3) is 11.0 Å². The summed E-state index contributed by atoms with van der Waals surface area (Å²) in [7, 11) is 0. The topological polar surface area (TPSA) is 56.2 Å². The van der Waals surface area contributed by atoms with Gasteiger partial charge in [0.2, 0.25) is 0 Å². The highest BCUT2D eigenvalue weighted by Gasteiger charge is 2.12. The van der Waals surface area contributed by atoms with E-state index in [0.717, 1.165) is 5.39 Å². The summed E-state index contributed by atoms with van der Waals surface area (Å²) in [5.74, 6) is 0.0264. The fourth-order valence-electron chi connectivity index (χ4n) is 1.60. The van der Waals surface area contributed by atoms with E-state index in [9.17, 15) is 4.79 Å². The summed E-state index contributed by atoms with van der Waals surface area (Å²) in [4.78, 5) is 11.8. The molecule has 0 saturated carbocycles. The van der Waals surface area contributed by atoms with Crippen molar-refractivity contribution >= 4 is 28.4 Å². The molecule has 3 nitrogen and oxygen atoms in total. The summed E-state index contributed by atoms with van der Waals surface area (Å²) in [6, 6.07) is 5.25. The van der Waals surface area contributed by atoms with Crippen molar-refractivity contribution in [2.24, 2.45) is 5.73 Å². The second-order valence-electron chi connectivity index (χ2n) is 3.61. The van der Waals surface area contributed by atoms with Crippen molar-refractivity contribution in [3.8, 4) is 0 Å². The second-order valence-corrected chi connectivity index (χ2v) is 4.01. The molecule has 0 saturated heterocycles.